The number of amidine groups is 1. The standard InChI is InChI=1S/C23H25ClF2N4O3/c1-23(25,26)20(31)12-28-21(32)11-15-13-30(9-8-27-15)22-16-4-2-3-5-18(16)33-19-7-6-14(24)10-17(19)29-22/h2-7,10,15,20,27,31H,8-9,11-13H2,1H3,(H,28,32)/t15-,20?/m0/s1. The van der Waals surface area contributed by atoms with Crippen molar-refractivity contribution in [3.8, 4) is 11.5 Å². The maximum atomic E-state index is 13.1. The number of aliphatic hydroxyl groups excluding tert-OH is 1. The van der Waals surface area contributed by atoms with Crippen LogP contribution < -0.4 is 15.4 Å². The second-order valence-corrected chi connectivity index (χ2v) is 8.66. The number of hydrogen-bond donors (Lipinski definition) is 3. The average molecular weight is 479 g/mol. The molecule has 1 fully saturated rings. The normalized spacial score (nSPS) is 18.9. The molecule has 0 spiro atoms. The van der Waals surface area contributed by atoms with Crippen molar-refractivity contribution >= 4 is 29.0 Å². The summed E-state index contributed by atoms with van der Waals surface area (Å²) in [5.41, 5.74) is 1.43. The summed E-state index contributed by atoms with van der Waals surface area (Å²) in [6.45, 7) is 1.85. The molecule has 10 heteroatoms. The number of halogens is 3. The Morgan fingerprint density at radius 1 is 1.36 bits per heavy atom. The van der Waals surface area contributed by atoms with Crippen molar-refractivity contribution in [1.29, 1.82) is 0 Å². The lowest BCUT2D eigenvalue weighted by Gasteiger charge is -2.35. The van der Waals surface area contributed by atoms with Crippen LogP contribution in [0.4, 0.5) is 14.5 Å². The van der Waals surface area contributed by atoms with E-state index in [-0.39, 0.29) is 12.5 Å². The molecule has 176 valence electrons. The van der Waals surface area contributed by atoms with Crippen molar-refractivity contribution in [2.45, 2.75) is 31.4 Å². The molecule has 2 aliphatic heterocycles. The average Bonchev–Trinajstić information content (AvgIpc) is 2.93. The first-order valence-corrected chi connectivity index (χ1v) is 11.0. The Bertz CT molecular complexity index is 1060. The fraction of sp³-hybridized carbons (Fsp3) is 0.391. The minimum Gasteiger partial charge on any atom is -0.454 e. The molecule has 2 heterocycles. The molecule has 1 amide bonds. The molecular formula is C23H25ClF2N4O3. The van der Waals surface area contributed by atoms with E-state index in [4.69, 9.17) is 21.3 Å². The number of rotatable bonds is 5. The molecule has 2 aromatic carbocycles. The van der Waals surface area contributed by atoms with Crippen LogP contribution in [0, 0.1) is 0 Å². The van der Waals surface area contributed by atoms with E-state index in [2.05, 4.69) is 15.5 Å². The summed E-state index contributed by atoms with van der Waals surface area (Å²) >= 11 is 6.18. The van der Waals surface area contributed by atoms with Crippen LogP contribution >= 0.6 is 11.6 Å². The number of carbonyl (C=O) groups is 1. The lowest BCUT2D eigenvalue weighted by molar-refractivity contribution is -0.125. The van der Waals surface area contributed by atoms with Gasteiger partial charge in [-0.25, -0.2) is 13.8 Å². The molecule has 2 aromatic rings. The van der Waals surface area contributed by atoms with Gasteiger partial charge in [-0.15, -0.1) is 0 Å². The van der Waals surface area contributed by atoms with Gasteiger partial charge in [0.1, 0.15) is 23.4 Å². The smallest absolute Gasteiger partial charge is 0.272 e. The quantitative estimate of drug-likeness (QED) is 0.614. The Kier molecular flexibility index (Phi) is 6.83. The number of amides is 1. The van der Waals surface area contributed by atoms with Gasteiger partial charge < -0.3 is 25.4 Å². The van der Waals surface area contributed by atoms with Crippen LogP contribution in [0.15, 0.2) is 47.5 Å². The molecule has 0 aliphatic carbocycles. The second-order valence-electron chi connectivity index (χ2n) is 8.22. The number of hydrogen-bond acceptors (Lipinski definition) is 6. The van der Waals surface area contributed by atoms with Crippen LogP contribution in [0.25, 0.3) is 0 Å². The van der Waals surface area contributed by atoms with Crippen LogP contribution in [0.1, 0.15) is 18.9 Å². The summed E-state index contributed by atoms with van der Waals surface area (Å²) in [7, 11) is 0. The second kappa shape index (κ2) is 9.62. The van der Waals surface area contributed by atoms with E-state index in [1.165, 1.54) is 0 Å². The molecule has 1 saturated heterocycles. The van der Waals surface area contributed by atoms with Gasteiger partial charge in [0.05, 0.1) is 5.56 Å². The van der Waals surface area contributed by atoms with E-state index in [1.807, 2.05) is 24.3 Å². The number of aliphatic hydroxyl groups is 1. The van der Waals surface area contributed by atoms with Gasteiger partial charge in [-0.2, -0.15) is 0 Å². The highest BCUT2D eigenvalue weighted by Gasteiger charge is 2.33. The van der Waals surface area contributed by atoms with Crippen molar-refractivity contribution < 1.29 is 23.4 Å². The third-order valence-corrected chi connectivity index (χ3v) is 5.79. The Labute approximate surface area is 195 Å². The summed E-state index contributed by atoms with van der Waals surface area (Å²) in [5.74, 6) is -1.72. The number of nitrogens with zero attached hydrogens (tertiary/aromatic N) is 2. The zero-order valence-corrected chi connectivity index (χ0v) is 18.8. The number of piperazine rings is 1. The fourth-order valence-electron chi connectivity index (χ4n) is 3.78. The van der Waals surface area contributed by atoms with Crippen molar-refractivity contribution in [3.05, 3.63) is 53.1 Å². The topological polar surface area (TPSA) is 86.2 Å². The molecule has 4 rings (SSSR count). The minimum atomic E-state index is -3.28. The van der Waals surface area contributed by atoms with E-state index < -0.39 is 24.5 Å². The summed E-state index contributed by atoms with van der Waals surface area (Å²) in [6.07, 6.45) is -1.85. The highest BCUT2D eigenvalue weighted by Crippen LogP contribution is 2.39. The summed E-state index contributed by atoms with van der Waals surface area (Å²) in [4.78, 5) is 19.2. The number of ether oxygens (including phenoxy) is 1. The van der Waals surface area contributed by atoms with Crippen LogP contribution in [0.5, 0.6) is 11.5 Å². The van der Waals surface area contributed by atoms with Gasteiger partial charge in [0, 0.05) is 50.6 Å². The summed E-state index contributed by atoms with van der Waals surface area (Å²) in [6, 6.07) is 12.6. The Morgan fingerprint density at radius 3 is 2.94 bits per heavy atom. The predicted octanol–water partition coefficient (Wildman–Crippen LogP) is 3.32. The van der Waals surface area contributed by atoms with Gasteiger partial charge in [-0.05, 0) is 30.3 Å². The van der Waals surface area contributed by atoms with Crippen LogP contribution in [-0.2, 0) is 4.79 Å². The number of aliphatic imine (C=N–C) groups is 1. The fourth-order valence-corrected chi connectivity index (χ4v) is 3.95. The first kappa shape index (κ1) is 23.4. The third kappa shape index (κ3) is 5.61. The van der Waals surface area contributed by atoms with Crippen LogP contribution in [0.3, 0.4) is 0 Å². The highest BCUT2D eigenvalue weighted by atomic mass is 35.5. The Morgan fingerprint density at radius 2 is 2.15 bits per heavy atom. The molecule has 0 aromatic heterocycles. The largest absolute Gasteiger partial charge is 0.454 e. The molecule has 0 saturated carbocycles. The van der Waals surface area contributed by atoms with Gasteiger partial charge in [0.2, 0.25) is 5.91 Å². The number of alkyl halides is 2. The first-order chi connectivity index (χ1) is 15.7. The molecule has 7 nitrogen and oxygen atoms in total. The lowest BCUT2D eigenvalue weighted by Crippen LogP contribution is -2.54. The lowest BCUT2D eigenvalue weighted by atomic mass is 10.1. The van der Waals surface area contributed by atoms with Gasteiger partial charge in [0.15, 0.2) is 5.75 Å². The molecule has 2 atom stereocenters. The number of nitrogens with one attached hydrogen (secondary N) is 2. The van der Waals surface area contributed by atoms with Crippen LogP contribution in [0.2, 0.25) is 5.02 Å². The number of benzene rings is 2. The van der Waals surface area contributed by atoms with Crippen molar-refractivity contribution in [1.82, 2.24) is 15.5 Å². The molecule has 3 N–H and O–H groups in total. The van der Waals surface area contributed by atoms with Crippen molar-refractivity contribution in [2.24, 2.45) is 4.99 Å². The molecule has 0 bridgehead atoms. The van der Waals surface area contributed by atoms with Gasteiger partial charge >= 0.3 is 0 Å². The molecule has 2 aliphatic rings. The van der Waals surface area contributed by atoms with E-state index in [9.17, 15) is 18.7 Å². The van der Waals surface area contributed by atoms with Crippen molar-refractivity contribution in [3.63, 3.8) is 0 Å². The number of carbonyl (C=O) groups excluding carboxylic acids is 1. The predicted molar refractivity (Wildman–Crippen MR) is 122 cm³/mol. The molecule has 1 unspecified atom stereocenters. The minimum absolute atomic E-state index is 0.0757. The highest BCUT2D eigenvalue weighted by molar-refractivity contribution is 6.31. The Balaban J connectivity index is 1.50. The van der Waals surface area contributed by atoms with E-state index in [0.717, 1.165) is 5.56 Å². The maximum Gasteiger partial charge on any atom is 0.272 e. The third-order valence-electron chi connectivity index (χ3n) is 5.56. The van der Waals surface area contributed by atoms with E-state index in [1.54, 1.807) is 18.2 Å². The molecule has 33 heavy (non-hydrogen) atoms. The number of para-hydroxylation sites is 1. The van der Waals surface area contributed by atoms with Crippen LogP contribution in [-0.4, -0.2) is 66.0 Å². The molecule has 0 radical (unpaired) electrons. The van der Waals surface area contributed by atoms with E-state index >= 15 is 0 Å². The van der Waals surface area contributed by atoms with Gasteiger partial charge in [0.25, 0.3) is 5.92 Å². The Hall–Kier alpha value is -2.75. The summed E-state index contributed by atoms with van der Waals surface area (Å²) in [5, 5.41) is 15.7. The summed E-state index contributed by atoms with van der Waals surface area (Å²) < 4.78 is 32.3. The van der Waals surface area contributed by atoms with Gasteiger partial charge in [-0.1, -0.05) is 23.7 Å². The van der Waals surface area contributed by atoms with Gasteiger partial charge in [-0.3, -0.25) is 4.79 Å². The SMILES string of the molecule is CC(F)(F)C(O)CNC(=O)C[C@H]1CN(C2=Nc3cc(Cl)ccc3Oc3ccccc32)CCN1. The molecular weight excluding hydrogens is 454 g/mol. The monoisotopic (exact) mass is 478 g/mol. The van der Waals surface area contributed by atoms with E-state index in [0.29, 0.717) is 54.6 Å². The maximum absolute atomic E-state index is 13.1. The zero-order valence-electron chi connectivity index (χ0n) is 18.0. The zero-order chi connectivity index (χ0) is 23.6. The first-order valence-electron chi connectivity index (χ1n) is 10.7. The van der Waals surface area contributed by atoms with Crippen molar-refractivity contribution in [2.75, 3.05) is 26.2 Å². The number of fused-ring (bicyclic) bond motifs is 2.